The average Bonchev–Trinajstić information content (AvgIpc) is 2.77. The van der Waals surface area contributed by atoms with E-state index in [2.05, 4.69) is 9.97 Å². The van der Waals surface area contributed by atoms with Gasteiger partial charge in [0, 0.05) is 22.1 Å². The Hall–Kier alpha value is -2.54. The van der Waals surface area contributed by atoms with E-state index >= 15 is 0 Å². The molecule has 1 aliphatic rings. The van der Waals surface area contributed by atoms with Crippen LogP contribution in [0.25, 0.3) is 21.6 Å². The second-order valence-electron chi connectivity index (χ2n) is 6.42. The second kappa shape index (κ2) is 6.07. The number of aryl methyl sites for hydroxylation is 3. The summed E-state index contributed by atoms with van der Waals surface area (Å²) in [6, 6.07) is 4.91. The van der Waals surface area contributed by atoms with Crippen molar-refractivity contribution < 1.29 is 4.92 Å². The number of aromatic nitrogens is 2. The number of H-pyrrole nitrogens is 1. The van der Waals surface area contributed by atoms with Crippen molar-refractivity contribution in [3.63, 3.8) is 0 Å². The predicted octanol–water partition coefficient (Wildman–Crippen LogP) is 4.14. The van der Waals surface area contributed by atoms with Crippen LogP contribution in [0.4, 0.5) is 5.69 Å². The molecule has 2 heterocycles. The van der Waals surface area contributed by atoms with Gasteiger partial charge in [0.25, 0.3) is 11.2 Å². The van der Waals surface area contributed by atoms with Gasteiger partial charge in [-0.2, -0.15) is 0 Å². The maximum Gasteiger partial charge on any atom is 0.273 e. The summed E-state index contributed by atoms with van der Waals surface area (Å²) in [7, 11) is 0. The Kier molecular flexibility index (Phi) is 3.88. The zero-order valence-electron chi connectivity index (χ0n) is 13.8. The van der Waals surface area contributed by atoms with Gasteiger partial charge in [-0.05, 0) is 38.2 Å². The maximum absolute atomic E-state index is 12.7. The highest BCUT2D eigenvalue weighted by molar-refractivity contribution is 7.18. The van der Waals surface area contributed by atoms with Crippen LogP contribution in [0.2, 0.25) is 0 Å². The van der Waals surface area contributed by atoms with Gasteiger partial charge in [-0.25, -0.2) is 4.98 Å². The molecule has 0 unspecified atom stereocenters. The Morgan fingerprint density at radius 1 is 1.24 bits per heavy atom. The zero-order valence-corrected chi connectivity index (χ0v) is 14.6. The van der Waals surface area contributed by atoms with Gasteiger partial charge in [0.15, 0.2) is 0 Å². The molecule has 1 aromatic carbocycles. The molecule has 1 N–H and O–H groups in total. The number of thiophene rings is 1. The first-order chi connectivity index (χ1) is 12.0. The number of nitrogens with zero attached hydrogens (tertiary/aromatic N) is 2. The lowest BCUT2D eigenvalue weighted by Crippen LogP contribution is -2.10. The topological polar surface area (TPSA) is 88.9 Å². The average molecular weight is 355 g/mol. The van der Waals surface area contributed by atoms with Crippen LogP contribution < -0.4 is 5.56 Å². The molecule has 0 radical (unpaired) electrons. The van der Waals surface area contributed by atoms with E-state index < -0.39 is 4.92 Å². The lowest BCUT2D eigenvalue weighted by Gasteiger charge is -2.04. The number of hydrogen-bond donors (Lipinski definition) is 1. The summed E-state index contributed by atoms with van der Waals surface area (Å²) in [4.78, 5) is 32.9. The Labute approximate surface area is 147 Å². The summed E-state index contributed by atoms with van der Waals surface area (Å²) in [5.41, 5.74) is 2.16. The van der Waals surface area contributed by atoms with Crippen molar-refractivity contribution in [2.75, 3.05) is 0 Å². The van der Waals surface area contributed by atoms with Gasteiger partial charge < -0.3 is 4.98 Å². The minimum atomic E-state index is -0.414. The Morgan fingerprint density at radius 2 is 2.04 bits per heavy atom. The van der Waals surface area contributed by atoms with Crippen molar-refractivity contribution >= 4 is 27.2 Å². The summed E-state index contributed by atoms with van der Waals surface area (Å²) in [5, 5.41) is 11.9. The normalized spacial score (nSPS) is 14.3. The second-order valence-corrected chi connectivity index (χ2v) is 7.50. The first-order valence-electron chi connectivity index (χ1n) is 8.34. The van der Waals surface area contributed by atoms with Crippen LogP contribution in [-0.2, 0) is 12.8 Å². The molecule has 0 saturated carbocycles. The monoisotopic (exact) mass is 355 g/mol. The van der Waals surface area contributed by atoms with Crippen molar-refractivity contribution in [2.45, 2.75) is 39.0 Å². The van der Waals surface area contributed by atoms with Gasteiger partial charge in [0.05, 0.1) is 10.3 Å². The lowest BCUT2D eigenvalue weighted by molar-refractivity contribution is -0.385. The number of rotatable bonds is 2. The van der Waals surface area contributed by atoms with E-state index in [1.165, 1.54) is 17.4 Å². The van der Waals surface area contributed by atoms with Crippen molar-refractivity contribution in [2.24, 2.45) is 0 Å². The van der Waals surface area contributed by atoms with Gasteiger partial charge >= 0.3 is 0 Å². The largest absolute Gasteiger partial charge is 0.306 e. The smallest absolute Gasteiger partial charge is 0.273 e. The van der Waals surface area contributed by atoms with Gasteiger partial charge in [-0.1, -0.05) is 18.6 Å². The molecular weight excluding hydrogens is 338 g/mol. The van der Waals surface area contributed by atoms with Crippen molar-refractivity contribution in [1.82, 2.24) is 9.97 Å². The third-order valence-electron chi connectivity index (χ3n) is 4.75. The lowest BCUT2D eigenvalue weighted by atomic mass is 10.1. The molecule has 3 aromatic rings. The number of fused-ring (bicyclic) bond motifs is 3. The van der Waals surface area contributed by atoms with Gasteiger partial charge in [-0.15, -0.1) is 11.3 Å². The van der Waals surface area contributed by atoms with Gasteiger partial charge in [-0.3, -0.25) is 14.9 Å². The fourth-order valence-corrected chi connectivity index (χ4v) is 4.69. The summed E-state index contributed by atoms with van der Waals surface area (Å²) >= 11 is 1.58. The summed E-state index contributed by atoms with van der Waals surface area (Å²) in [6.45, 7) is 1.69. The predicted molar refractivity (Wildman–Crippen MR) is 98.3 cm³/mol. The van der Waals surface area contributed by atoms with Crippen LogP contribution in [0.15, 0.2) is 23.0 Å². The SMILES string of the molecule is Cc1ccc(-c2nc3sc4c(c3c(=O)[nH]2)CCCCC4)cc1[N+](=O)[O-]. The quantitative estimate of drug-likeness (QED) is 0.425. The van der Waals surface area contributed by atoms with Crippen LogP contribution >= 0.6 is 11.3 Å². The number of nitro benzene ring substituents is 1. The molecule has 0 amide bonds. The molecule has 0 atom stereocenters. The summed E-state index contributed by atoms with van der Waals surface area (Å²) in [5.74, 6) is 0.386. The molecule has 0 aliphatic heterocycles. The van der Waals surface area contributed by atoms with Crippen LogP contribution in [-0.4, -0.2) is 14.9 Å². The van der Waals surface area contributed by atoms with Crippen LogP contribution in [0.3, 0.4) is 0 Å². The molecule has 0 saturated heterocycles. The highest BCUT2D eigenvalue weighted by Crippen LogP contribution is 2.34. The van der Waals surface area contributed by atoms with E-state index in [1.807, 2.05) is 0 Å². The molecular formula is C18H17N3O3S. The Morgan fingerprint density at radius 3 is 2.84 bits per heavy atom. The minimum absolute atomic E-state index is 0.0298. The summed E-state index contributed by atoms with van der Waals surface area (Å²) < 4.78 is 0. The fraction of sp³-hybridized carbons (Fsp3) is 0.333. The highest BCUT2D eigenvalue weighted by Gasteiger charge is 2.20. The zero-order chi connectivity index (χ0) is 17.6. The van der Waals surface area contributed by atoms with Crippen molar-refractivity contribution in [1.29, 1.82) is 0 Å². The Bertz CT molecular complexity index is 1050. The molecule has 4 rings (SSSR count). The molecule has 0 bridgehead atoms. The molecule has 6 nitrogen and oxygen atoms in total. The van der Waals surface area contributed by atoms with Crippen LogP contribution in [0, 0.1) is 17.0 Å². The molecule has 0 spiro atoms. The number of aromatic amines is 1. The van der Waals surface area contributed by atoms with Gasteiger partial charge in [0.2, 0.25) is 0 Å². The van der Waals surface area contributed by atoms with E-state index in [0.717, 1.165) is 36.1 Å². The van der Waals surface area contributed by atoms with Crippen molar-refractivity contribution in [3.8, 4) is 11.4 Å². The Balaban J connectivity index is 1.89. The van der Waals surface area contributed by atoms with Crippen molar-refractivity contribution in [3.05, 3.63) is 54.7 Å². The standard InChI is InChI=1S/C18H17N3O3S/c1-10-7-8-11(9-13(10)21(23)24)16-19-17(22)15-12-5-3-2-4-6-14(12)25-18(15)20-16/h7-9H,2-6H2,1H3,(H,19,20,22). The van der Waals surface area contributed by atoms with E-state index in [0.29, 0.717) is 22.3 Å². The van der Waals surface area contributed by atoms with Crippen LogP contribution in [0.5, 0.6) is 0 Å². The molecule has 7 heteroatoms. The molecule has 2 aromatic heterocycles. The molecule has 128 valence electrons. The van der Waals surface area contributed by atoms with E-state index in [9.17, 15) is 14.9 Å². The molecule has 0 fully saturated rings. The number of nitrogens with one attached hydrogen (secondary N) is 1. The van der Waals surface area contributed by atoms with E-state index in [1.54, 1.807) is 30.4 Å². The van der Waals surface area contributed by atoms with Gasteiger partial charge in [0.1, 0.15) is 10.7 Å². The molecule has 25 heavy (non-hydrogen) atoms. The highest BCUT2D eigenvalue weighted by atomic mass is 32.1. The number of hydrogen-bond acceptors (Lipinski definition) is 5. The first-order valence-corrected chi connectivity index (χ1v) is 9.16. The van der Waals surface area contributed by atoms with E-state index in [-0.39, 0.29) is 11.2 Å². The third-order valence-corrected chi connectivity index (χ3v) is 5.94. The number of benzene rings is 1. The fourth-order valence-electron chi connectivity index (χ4n) is 3.43. The van der Waals surface area contributed by atoms with Crippen LogP contribution in [0.1, 0.15) is 35.3 Å². The van der Waals surface area contributed by atoms with E-state index in [4.69, 9.17) is 0 Å². The third kappa shape index (κ3) is 2.74. The maximum atomic E-state index is 12.7. The molecule has 1 aliphatic carbocycles. The first kappa shape index (κ1) is 16.0. The summed E-state index contributed by atoms with van der Waals surface area (Å²) in [6.07, 6.45) is 5.37. The number of nitro groups is 1. The minimum Gasteiger partial charge on any atom is -0.306 e.